The zero-order chi connectivity index (χ0) is 10.4. The average molecular weight is 206 g/mol. The lowest BCUT2D eigenvalue weighted by Gasteiger charge is -1.98. The van der Waals surface area contributed by atoms with Crippen molar-refractivity contribution in [3.05, 3.63) is 28.0 Å². The Balaban J connectivity index is 2.83. The summed E-state index contributed by atoms with van der Waals surface area (Å²) in [6.45, 7) is 2.35. The fourth-order valence-corrected chi connectivity index (χ4v) is 1.58. The predicted octanol–water partition coefficient (Wildman–Crippen LogP) is 1.79. The Kier molecular flexibility index (Phi) is 3.89. The van der Waals surface area contributed by atoms with Crippen molar-refractivity contribution in [1.82, 2.24) is 5.32 Å². The molecule has 1 aromatic heterocycles. The lowest BCUT2D eigenvalue weighted by Crippen LogP contribution is -2.23. The average Bonchev–Trinajstić information content (AvgIpc) is 2.66. The highest BCUT2D eigenvalue weighted by molar-refractivity contribution is 7.10. The molecule has 0 aliphatic heterocycles. The molecule has 0 saturated carbocycles. The van der Waals surface area contributed by atoms with Crippen LogP contribution in [0.2, 0.25) is 0 Å². The summed E-state index contributed by atoms with van der Waals surface area (Å²) in [7, 11) is 0. The first kappa shape index (κ1) is 10.5. The Morgan fingerprint density at radius 2 is 2.57 bits per heavy atom. The van der Waals surface area contributed by atoms with Crippen molar-refractivity contribution in [1.29, 1.82) is 5.26 Å². The van der Waals surface area contributed by atoms with Crippen molar-refractivity contribution >= 4 is 23.3 Å². The number of carbonyl (C=O) groups is 1. The number of nitrogens with zero attached hydrogens (tertiary/aromatic N) is 1. The second-order valence-electron chi connectivity index (χ2n) is 2.54. The van der Waals surface area contributed by atoms with Gasteiger partial charge in [0.2, 0.25) is 0 Å². The lowest BCUT2D eigenvalue weighted by atomic mass is 10.2. The maximum absolute atomic E-state index is 11.3. The molecule has 0 aliphatic rings. The Labute approximate surface area is 86.7 Å². The van der Waals surface area contributed by atoms with E-state index >= 15 is 0 Å². The van der Waals surface area contributed by atoms with Gasteiger partial charge in [-0.3, -0.25) is 4.79 Å². The third-order valence-corrected chi connectivity index (χ3v) is 2.35. The zero-order valence-corrected chi connectivity index (χ0v) is 8.60. The molecule has 0 aromatic carbocycles. The molecule has 0 radical (unpaired) electrons. The van der Waals surface area contributed by atoms with Gasteiger partial charge < -0.3 is 5.32 Å². The second-order valence-corrected chi connectivity index (χ2v) is 3.52. The summed E-state index contributed by atoms with van der Waals surface area (Å²) < 4.78 is 0. The van der Waals surface area contributed by atoms with Crippen LogP contribution in [-0.4, -0.2) is 12.5 Å². The molecule has 1 N–H and O–H groups in total. The van der Waals surface area contributed by atoms with Crippen LogP contribution in [0.4, 0.5) is 0 Å². The van der Waals surface area contributed by atoms with Gasteiger partial charge in [0, 0.05) is 11.4 Å². The minimum Gasteiger partial charge on any atom is -0.352 e. The van der Waals surface area contributed by atoms with Crippen LogP contribution in [0.3, 0.4) is 0 Å². The van der Waals surface area contributed by atoms with Gasteiger partial charge in [-0.15, -0.1) is 11.3 Å². The van der Waals surface area contributed by atoms with Gasteiger partial charge in [0.1, 0.15) is 11.6 Å². The molecule has 0 atom stereocenters. The van der Waals surface area contributed by atoms with Gasteiger partial charge in [-0.1, -0.05) is 6.07 Å². The minimum absolute atomic E-state index is 0.148. The Hall–Kier alpha value is -1.60. The molecule has 0 bridgehead atoms. The SMILES string of the molecule is CCNC(=O)C(C#N)=Cc1cccs1. The molecule has 1 aromatic rings. The largest absolute Gasteiger partial charge is 0.352 e. The number of rotatable bonds is 3. The molecule has 1 rings (SSSR count). The van der Waals surface area contributed by atoms with E-state index in [-0.39, 0.29) is 11.5 Å². The minimum atomic E-state index is -0.316. The van der Waals surface area contributed by atoms with Crippen molar-refractivity contribution in [2.75, 3.05) is 6.54 Å². The van der Waals surface area contributed by atoms with E-state index in [9.17, 15) is 4.79 Å². The molecule has 0 fully saturated rings. The summed E-state index contributed by atoms with van der Waals surface area (Å²) in [5.41, 5.74) is 0.148. The topological polar surface area (TPSA) is 52.9 Å². The first-order chi connectivity index (χ1) is 6.77. The van der Waals surface area contributed by atoms with Crippen LogP contribution in [0.1, 0.15) is 11.8 Å². The van der Waals surface area contributed by atoms with Gasteiger partial charge in [-0.05, 0) is 24.4 Å². The first-order valence-electron chi connectivity index (χ1n) is 4.21. The molecule has 72 valence electrons. The fraction of sp³-hybridized carbons (Fsp3) is 0.200. The number of hydrogen-bond acceptors (Lipinski definition) is 3. The number of nitrogens with one attached hydrogen (secondary N) is 1. The number of hydrogen-bond donors (Lipinski definition) is 1. The van der Waals surface area contributed by atoms with Crippen LogP contribution in [0, 0.1) is 11.3 Å². The van der Waals surface area contributed by atoms with Crippen molar-refractivity contribution in [2.45, 2.75) is 6.92 Å². The van der Waals surface area contributed by atoms with Crippen LogP contribution in [0.15, 0.2) is 23.1 Å². The number of carbonyl (C=O) groups excluding carboxylic acids is 1. The van der Waals surface area contributed by atoms with E-state index in [1.165, 1.54) is 11.3 Å². The molecule has 14 heavy (non-hydrogen) atoms. The third-order valence-electron chi connectivity index (χ3n) is 1.53. The van der Waals surface area contributed by atoms with Gasteiger partial charge in [-0.2, -0.15) is 5.26 Å². The summed E-state index contributed by atoms with van der Waals surface area (Å²) in [6, 6.07) is 5.62. The van der Waals surface area contributed by atoms with E-state index in [0.29, 0.717) is 6.54 Å². The lowest BCUT2D eigenvalue weighted by molar-refractivity contribution is -0.116. The van der Waals surface area contributed by atoms with Gasteiger partial charge in [0.05, 0.1) is 0 Å². The van der Waals surface area contributed by atoms with Crippen LogP contribution in [0.25, 0.3) is 6.08 Å². The number of thiophene rings is 1. The predicted molar refractivity (Wildman–Crippen MR) is 56.6 cm³/mol. The second kappa shape index (κ2) is 5.20. The Morgan fingerprint density at radius 3 is 3.07 bits per heavy atom. The van der Waals surface area contributed by atoms with E-state index in [2.05, 4.69) is 5.32 Å². The Bertz CT molecular complexity index is 373. The van der Waals surface area contributed by atoms with Crippen LogP contribution < -0.4 is 5.32 Å². The number of amides is 1. The summed E-state index contributed by atoms with van der Waals surface area (Å²) >= 11 is 1.49. The fourth-order valence-electron chi connectivity index (χ4n) is 0.920. The van der Waals surface area contributed by atoms with Crippen LogP contribution in [0.5, 0.6) is 0 Å². The highest BCUT2D eigenvalue weighted by atomic mass is 32.1. The molecule has 1 amide bonds. The van der Waals surface area contributed by atoms with Gasteiger partial charge in [0.15, 0.2) is 0 Å². The monoisotopic (exact) mass is 206 g/mol. The molecule has 4 heteroatoms. The van der Waals surface area contributed by atoms with E-state index in [1.807, 2.05) is 30.5 Å². The number of likely N-dealkylation sites (N-methyl/N-ethyl adjacent to an activating group) is 1. The van der Waals surface area contributed by atoms with Crippen LogP contribution >= 0.6 is 11.3 Å². The molecule has 0 spiro atoms. The van der Waals surface area contributed by atoms with E-state index in [1.54, 1.807) is 6.08 Å². The quantitative estimate of drug-likeness (QED) is 0.605. The first-order valence-corrected chi connectivity index (χ1v) is 5.09. The maximum atomic E-state index is 11.3. The molecule has 0 unspecified atom stereocenters. The van der Waals surface area contributed by atoms with E-state index in [4.69, 9.17) is 5.26 Å². The highest BCUT2D eigenvalue weighted by Crippen LogP contribution is 2.12. The van der Waals surface area contributed by atoms with E-state index < -0.39 is 0 Å². The maximum Gasteiger partial charge on any atom is 0.261 e. The molecule has 1 heterocycles. The van der Waals surface area contributed by atoms with Crippen molar-refractivity contribution in [3.8, 4) is 6.07 Å². The van der Waals surface area contributed by atoms with Gasteiger partial charge in [0.25, 0.3) is 5.91 Å². The third kappa shape index (κ3) is 2.71. The van der Waals surface area contributed by atoms with E-state index in [0.717, 1.165) is 4.88 Å². The van der Waals surface area contributed by atoms with Gasteiger partial charge in [-0.25, -0.2) is 0 Å². The summed E-state index contributed by atoms with van der Waals surface area (Å²) in [4.78, 5) is 12.2. The summed E-state index contributed by atoms with van der Waals surface area (Å²) in [5.74, 6) is -0.316. The van der Waals surface area contributed by atoms with Crippen LogP contribution in [-0.2, 0) is 4.79 Å². The standard InChI is InChI=1S/C10H10N2OS/c1-2-12-10(13)8(7-11)6-9-4-3-5-14-9/h3-6H,2H2,1H3,(H,12,13). The number of nitriles is 1. The highest BCUT2D eigenvalue weighted by Gasteiger charge is 2.06. The van der Waals surface area contributed by atoms with Gasteiger partial charge >= 0.3 is 0 Å². The van der Waals surface area contributed by atoms with Crippen molar-refractivity contribution in [3.63, 3.8) is 0 Å². The molecule has 3 nitrogen and oxygen atoms in total. The summed E-state index contributed by atoms with van der Waals surface area (Å²) in [5, 5.41) is 13.2. The summed E-state index contributed by atoms with van der Waals surface area (Å²) in [6.07, 6.45) is 1.59. The molecular formula is C10H10N2OS. The van der Waals surface area contributed by atoms with Crippen molar-refractivity contribution in [2.24, 2.45) is 0 Å². The zero-order valence-electron chi connectivity index (χ0n) is 7.78. The molecular weight excluding hydrogens is 196 g/mol. The molecule has 0 saturated heterocycles. The molecule has 0 aliphatic carbocycles. The van der Waals surface area contributed by atoms with Crippen molar-refractivity contribution < 1.29 is 4.79 Å². The Morgan fingerprint density at radius 1 is 1.79 bits per heavy atom. The smallest absolute Gasteiger partial charge is 0.261 e. The normalized spacial score (nSPS) is 10.7.